The van der Waals surface area contributed by atoms with E-state index >= 15 is 0 Å². The van der Waals surface area contributed by atoms with Gasteiger partial charge in [-0.25, -0.2) is 4.98 Å². The van der Waals surface area contributed by atoms with Gasteiger partial charge in [0.05, 0.1) is 10.6 Å². The molecule has 4 heteroatoms. The molecule has 90 valence electrons. The number of hydrogen-bond donors (Lipinski definition) is 0. The Hall–Kier alpha value is -1.51. The fraction of sp³-hybridized carbons (Fsp3) is 0.0714. The van der Waals surface area contributed by atoms with Crippen LogP contribution in [0.15, 0.2) is 40.8 Å². The molecule has 0 amide bonds. The molecule has 1 aromatic heterocycles. The molecule has 18 heavy (non-hydrogen) atoms. The topological polar surface area (TPSA) is 26.0 Å². The van der Waals surface area contributed by atoms with Crippen LogP contribution in [0.3, 0.4) is 0 Å². The molecular formula is C14H9Cl2NO. The number of nitrogens with zero attached hydrogens (tertiary/aromatic N) is 1. The van der Waals surface area contributed by atoms with Gasteiger partial charge in [0.1, 0.15) is 5.52 Å². The summed E-state index contributed by atoms with van der Waals surface area (Å²) in [5, 5.41) is 1.18. The Labute approximate surface area is 114 Å². The first-order chi connectivity index (χ1) is 8.63. The van der Waals surface area contributed by atoms with Crippen LogP contribution in [0.4, 0.5) is 0 Å². The number of hydrogen-bond acceptors (Lipinski definition) is 2. The van der Waals surface area contributed by atoms with Crippen molar-refractivity contribution in [2.24, 2.45) is 0 Å². The zero-order chi connectivity index (χ0) is 12.7. The minimum atomic E-state index is 0.489. The van der Waals surface area contributed by atoms with E-state index in [1.54, 1.807) is 18.2 Å². The number of benzene rings is 2. The van der Waals surface area contributed by atoms with Gasteiger partial charge >= 0.3 is 0 Å². The average Bonchev–Trinajstić information content (AvgIpc) is 2.74. The predicted octanol–water partition coefficient (Wildman–Crippen LogP) is 5.11. The van der Waals surface area contributed by atoms with Crippen molar-refractivity contribution < 1.29 is 4.42 Å². The Morgan fingerprint density at radius 3 is 2.72 bits per heavy atom. The lowest BCUT2D eigenvalue weighted by Crippen LogP contribution is -1.79. The van der Waals surface area contributed by atoms with Crippen LogP contribution < -0.4 is 0 Å². The predicted molar refractivity (Wildman–Crippen MR) is 74.2 cm³/mol. The molecule has 0 aliphatic heterocycles. The van der Waals surface area contributed by atoms with Crippen molar-refractivity contribution in [3.8, 4) is 11.5 Å². The summed E-state index contributed by atoms with van der Waals surface area (Å²) < 4.78 is 5.72. The van der Waals surface area contributed by atoms with Crippen molar-refractivity contribution in [3.63, 3.8) is 0 Å². The number of aryl methyl sites for hydroxylation is 1. The second-order valence-electron chi connectivity index (χ2n) is 4.11. The van der Waals surface area contributed by atoms with Gasteiger partial charge in [0, 0.05) is 5.02 Å². The molecule has 2 nitrogen and oxygen atoms in total. The van der Waals surface area contributed by atoms with E-state index in [0.717, 1.165) is 16.7 Å². The number of halogens is 2. The summed E-state index contributed by atoms with van der Waals surface area (Å²) in [6.07, 6.45) is 0. The van der Waals surface area contributed by atoms with Gasteiger partial charge in [-0.3, -0.25) is 0 Å². The molecule has 0 spiro atoms. The van der Waals surface area contributed by atoms with E-state index in [1.165, 1.54) is 0 Å². The molecular weight excluding hydrogens is 269 g/mol. The maximum absolute atomic E-state index is 6.13. The molecule has 2 aromatic carbocycles. The Morgan fingerprint density at radius 1 is 1.06 bits per heavy atom. The van der Waals surface area contributed by atoms with Crippen molar-refractivity contribution in [1.29, 1.82) is 0 Å². The van der Waals surface area contributed by atoms with E-state index in [2.05, 4.69) is 4.98 Å². The highest BCUT2D eigenvalue weighted by Crippen LogP contribution is 2.32. The average molecular weight is 278 g/mol. The van der Waals surface area contributed by atoms with Crippen LogP contribution in [0.5, 0.6) is 0 Å². The van der Waals surface area contributed by atoms with Crippen LogP contribution in [0.2, 0.25) is 10.0 Å². The normalized spacial score (nSPS) is 11.1. The SMILES string of the molecule is Cc1ccc2nc(-c3cc(Cl)ccc3Cl)oc2c1. The van der Waals surface area contributed by atoms with Gasteiger partial charge in [-0.05, 0) is 42.8 Å². The molecule has 0 unspecified atom stereocenters. The first kappa shape index (κ1) is 11.6. The van der Waals surface area contributed by atoms with E-state index in [0.29, 0.717) is 21.5 Å². The van der Waals surface area contributed by atoms with Crippen molar-refractivity contribution in [2.75, 3.05) is 0 Å². The van der Waals surface area contributed by atoms with Gasteiger partial charge in [-0.1, -0.05) is 29.3 Å². The summed E-state index contributed by atoms with van der Waals surface area (Å²) in [6, 6.07) is 11.1. The molecule has 1 heterocycles. The molecule has 0 N–H and O–H groups in total. The summed E-state index contributed by atoms with van der Waals surface area (Å²) in [6.45, 7) is 2.01. The summed E-state index contributed by atoms with van der Waals surface area (Å²) in [7, 11) is 0. The van der Waals surface area contributed by atoms with Gasteiger partial charge in [0.2, 0.25) is 5.89 Å². The maximum Gasteiger partial charge on any atom is 0.228 e. The minimum absolute atomic E-state index is 0.489. The zero-order valence-corrected chi connectivity index (χ0v) is 11.1. The van der Waals surface area contributed by atoms with Crippen LogP contribution in [0.1, 0.15) is 5.56 Å². The highest BCUT2D eigenvalue weighted by atomic mass is 35.5. The van der Waals surface area contributed by atoms with Gasteiger partial charge in [0.15, 0.2) is 5.58 Å². The molecule has 0 bridgehead atoms. The second-order valence-corrected chi connectivity index (χ2v) is 4.96. The van der Waals surface area contributed by atoms with Crippen molar-refractivity contribution in [2.45, 2.75) is 6.92 Å². The van der Waals surface area contributed by atoms with Crippen LogP contribution in [0.25, 0.3) is 22.6 Å². The van der Waals surface area contributed by atoms with E-state index in [-0.39, 0.29) is 0 Å². The minimum Gasteiger partial charge on any atom is -0.436 e. The lowest BCUT2D eigenvalue weighted by atomic mass is 10.2. The first-order valence-electron chi connectivity index (χ1n) is 5.46. The second kappa shape index (κ2) is 4.30. The molecule has 0 fully saturated rings. The van der Waals surface area contributed by atoms with Crippen LogP contribution >= 0.6 is 23.2 Å². The van der Waals surface area contributed by atoms with Gasteiger partial charge in [0.25, 0.3) is 0 Å². The largest absolute Gasteiger partial charge is 0.436 e. The quantitative estimate of drug-likeness (QED) is 0.618. The highest BCUT2D eigenvalue weighted by Gasteiger charge is 2.12. The third kappa shape index (κ3) is 1.98. The molecule has 3 aromatic rings. The van der Waals surface area contributed by atoms with E-state index < -0.39 is 0 Å². The van der Waals surface area contributed by atoms with Crippen molar-refractivity contribution in [3.05, 3.63) is 52.0 Å². The number of fused-ring (bicyclic) bond motifs is 1. The highest BCUT2D eigenvalue weighted by molar-refractivity contribution is 6.35. The Bertz CT molecular complexity index is 734. The zero-order valence-electron chi connectivity index (χ0n) is 9.58. The third-order valence-corrected chi connectivity index (χ3v) is 3.27. The molecule has 0 atom stereocenters. The maximum atomic E-state index is 6.13. The van der Waals surface area contributed by atoms with Gasteiger partial charge in [-0.15, -0.1) is 0 Å². The summed E-state index contributed by atoms with van der Waals surface area (Å²) >= 11 is 12.1. The molecule has 0 saturated heterocycles. The van der Waals surface area contributed by atoms with Gasteiger partial charge in [-0.2, -0.15) is 0 Å². The number of rotatable bonds is 1. The summed E-state index contributed by atoms with van der Waals surface area (Å²) in [4.78, 5) is 4.42. The Kier molecular flexibility index (Phi) is 2.77. The Morgan fingerprint density at radius 2 is 1.89 bits per heavy atom. The molecule has 0 aliphatic carbocycles. The molecule has 3 rings (SSSR count). The monoisotopic (exact) mass is 277 g/mol. The third-order valence-electron chi connectivity index (χ3n) is 2.70. The summed E-state index contributed by atoms with van der Waals surface area (Å²) in [5.74, 6) is 0.489. The lowest BCUT2D eigenvalue weighted by Gasteiger charge is -1.99. The standard InChI is InChI=1S/C14H9Cl2NO/c1-8-2-5-12-13(6-8)18-14(17-12)10-7-9(15)3-4-11(10)16/h2-7H,1H3. The summed E-state index contributed by atoms with van der Waals surface area (Å²) in [5.41, 5.74) is 3.40. The molecule has 0 aliphatic rings. The van der Waals surface area contributed by atoms with Crippen LogP contribution in [0, 0.1) is 6.92 Å². The first-order valence-corrected chi connectivity index (χ1v) is 6.22. The van der Waals surface area contributed by atoms with Crippen molar-refractivity contribution >= 4 is 34.3 Å². The molecule has 0 saturated carbocycles. The molecule has 0 radical (unpaired) electrons. The van der Waals surface area contributed by atoms with Crippen LogP contribution in [-0.2, 0) is 0 Å². The number of aromatic nitrogens is 1. The van der Waals surface area contributed by atoms with E-state index in [1.807, 2.05) is 25.1 Å². The van der Waals surface area contributed by atoms with Gasteiger partial charge < -0.3 is 4.42 Å². The van der Waals surface area contributed by atoms with E-state index in [4.69, 9.17) is 27.6 Å². The lowest BCUT2D eigenvalue weighted by molar-refractivity contribution is 0.619. The Balaban J connectivity index is 2.22. The van der Waals surface area contributed by atoms with Crippen molar-refractivity contribution in [1.82, 2.24) is 4.98 Å². The fourth-order valence-corrected chi connectivity index (χ4v) is 2.18. The van der Waals surface area contributed by atoms with E-state index in [9.17, 15) is 0 Å². The smallest absolute Gasteiger partial charge is 0.228 e. The number of oxazole rings is 1. The van der Waals surface area contributed by atoms with Crippen LogP contribution in [-0.4, -0.2) is 4.98 Å². The fourth-order valence-electron chi connectivity index (χ4n) is 1.81.